The fraction of sp³-hybridized carbons (Fsp3) is 0.310. The molecule has 0 radical (unpaired) electrons. The summed E-state index contributed by atoms with van der Waals surface area (Å²) in [5, 5.41) is 20.9. The number of aliphatic hydroxyl groups excluding tert-OH is 2. The molecule has 9 heteroatoms. The van der Waals surface area contributed by atoms with E-state index in [4.69, 9.17) is 23.7 Å². The van der Waals surface area contributed by atoms with Crippen molar-refractivity contribution in [3.63, 3.8) is 0 Å². The summed E-state index contributed by atoms with van der Waals surface area (Å²) < 4.78 is 28.3. The van der Waals surface area contributed by atoms with Crippen molar-refractivity contribution < 1.29 is 43.5 Å². The van der Waals surface area contributed by atoms with Crippen LogP contribution in [-0.2, 0) is 14.2 Å². The molecule has 38 heavy (non-hydrogen) atoms. The molecule has 0 amide bonds. The first-order valence-corrected chi connectivity index (χ1v) is 12.1. The Morgan fingerprint density at radius 1 is 0.763 bits per heavy atom. The van der Waals surface area contributed by atoms with Gasteiger partial charge in [-0.25, -0.2) is 9.59 Å². The molecule has 2 N–H and O–H groups in total. The molecule has 5 atom stereocenters. The molecule has 1 saturated heterocycles. The van der Waals surface area contributed by atoms with Gasteiger partial charge in [0.2, 0.25) is 12.4 Å². The zero-order valence-corrected chi connectivity index (χ0v) is 21.3. The van der Waals surface area contributed by atoms with Crippen molar-refractivity contribution in [1.29, 1.82) is 0 Å². The van der Waals surface area contributed by atoms with Crippen LogP contribution in [0.2, 0.25) is 0 Å². The van der Waals surface area contributed by atoms with Crippen LogP contribution in [0.5, 0.6) is 11.5 Å². The van der Waals surface area contributed by atoms with Crippen molar-refractivity contribution >= 4 is 11.9 Å². The third kappa shape index (κ3) is 6.31. The van der Waals surface area contributed by atoms with Crippen LogP contribution in [0.4, 0.5) is 0 Å². The van der Waals surface area contributed by atoms with E-state index < -0.39 is 49.3 Å². The van der Waals surface area contributed by atoms with Gasteiger partial charge in [-0.1, -0.05) is 35.4 Å². The number of benzene rings is 3. The average Bonchev–Trinajstić information content (AvgIpc) is 2.93. The minimum absolute atomic E-state index is 0.242. The predicted molar refractivity (Wildman–Crippen MR) is 136 cm³/mol. The minimum Gasteiger partial charge on any atom is -0.497 e. The van der Waals surface area contributed by atoms with E-state index in [1.54, 1.807) is 72.8 Å². The van der Waals surface area contributed by atoms with Crippen LogP contribution >= 0.6 is 0 Å². The van der Waals surface area contributed by atoms with Crippen LogP contribution < -0.4 is 9.47 Å². The monoisotopic (exact) mass is 522 g/mol. The SMILES string of the molecule is COc1ccc(O[C@@H]2O[C@H](CO)[C@@H](O)[C@H](OC(=O)c3ccc(C)cc3)[C@H]2OC(=O)c2ccc(C)cc2)cc1. The van der Waals surface area contributed by atoms with E-state index >= 15 is 0 Å². The highest BCUT2D eigenvalue weighted by molar-refractivity contribution is 5.90. The Kier molecular flexibility index (Phi) is 8.62. The summed E-state index contributed by atoms with van der Waals surface area (Å²) >= 11 is 0. The fourth-order valence-corrected chi connectivity index (χ4v) is 3.95. The van der Waals surface area contributed by atoms with E-state index in [0.717, 1.165) is 11.1 Å². The Labute approximate surface area is 220 Å². The van der Waals surface area contributed by atoms with Crippen molar-refractivity contribution in [2.75, 3.05) is 13.7 Å². The molecule has 1 aliphatic rings. The van der Waals surface area contributed by atoms with Gasteiger partial charge in [-0.15, -0.1) is 0 Å². The van der Waals surface area contributed by atoms with Gasteiger partial charge in [-0.3, -0.25) is 0 Å². The van der Waals surface area contributed by atoms with Crippen LogP contribution in [0.15, 0.2) is 72.8 Å². The normalized spacial score (nSPS) is 22.8. The third-order valence-corrected chi connectivity index (χ3v) is 6.17. The number of esters is 2. The van der Waals surface area contributed by atoms with Crippen LogP contribution in [0.1, 0.15) is 31.8 Å². The van der Waals surface area contributed by atoms with Crippen LogP contribution in [-0.4, -0.2) is 66.6 Å². The van der Waals surface area contributed by atoms with E-state index in [0.29, 0.717) is 11.5 Å². The predicted octanol–water partition coefficient (Wildman–Crippen LogP) is 3.22. The molecular formula is C29H30O9. The fourth-order valence-electron chi connectivity index (χ4n) is 3.95. The Balaban J connectivity index is 1.65. The summed E-state index contributed by atoms with van der Waals surface area (Å²) in [5.41, 5.74) is 2.40. The molecule has 0 unspecified atom stereocenters. The molecule has 200 valence electrons. The maximum atomic E-state index is 13.1. The van der Waals surface area contributed by atoms with Gasteiger partial charge in [0.1, 0.15) is 23.7 Å². The highest BCUT2D eigenvalue weighted by Gasteiger charge is 2.51. The summed E-state index contributed by atoms with van der Waals surface area (Å²) in [4.78, 5) is 26.1. The number of hydrogen-bond donors (Lipinski definition) is 2. The van der Waals surface area contributed by atoms with Gasteiger partial charge in [0.05, 0.1) is 24.8 Å². The first-order valence-electron chi connectivity index (χ1n) is 12.1. The highest BCUT2D eigenvalue weighted by atomic mass is 16.7. The van der Waals surface area contributed by atoms with Gasteiger partial charge in [0.15, 0.2) is 6.10 Å². The zero-order chi connectivity index (χ0) is 27.2. The largest absolute Gasteiger partial charge is 0.497 e. The maximum absolute atomic E-state index is 13.1. The van der Waals surface area contributed by atoms with Crippen LogP contribution in [0.25, 0.3) is 0 Å². The van der Waals surface area contributed by atoms with E-state index in [1.165, 1.54) is 7.11 Å². The first-order chi connectivity index (χ1) is 18.3. The van der Waals surface area contributed by atoms with Crippen molar-refractivity contribution in [2.45, 2.75) is 44.6 Å². The molecule has 3 aromatic carbocycles. The quantitative estimate of drug-likeness (QED) is 0.430. The van der Waals surface area contributed by atoms with Crippen LogP contribution in [0.3, 0.4) is 0 Å². The number of rotatable bonds is 8. The first kappa shape index (κ1) is 27.1. The second kappa shape index (κ2) is 12.1. The molecule has 1 aliphatic heterocycles. The van der Waals surface area contributed by atoms with Gasteiger partial charge in [-0.05, 0) is 62.4 Å². The Hall–Kier alpha value is -3.92. The van der Waals surface area contributed by atoms with Gasteiger partial charge >= 0.3 is 11.9 Å². The lowest BCUT2D eigenvalue weighted by Gasteiger charge is -2.42. The second-order valence-electron chi connectivity index (χ2n) is 8.98. The molecule has 1 heterocycles. The average molecular weight is 523 g/mol. The lowest BCUT2D eigenvalue weighted by Crippen LogP contribution is -2.62. The molecule has 1 fully saturated rings. The lowest BCUT2D eigenvalue weighted by atomic mass is 9.98. The van der Waals surface area contributed by atoms with E-state index in [-0.39, 0.29) is 11.1 Å². The number of carbonyl (C=O) groups is 2. The standard InChI is InChI=1S/C29H30O9/c1-17-4-8-19(9-5-17)27(32)37-25-24(31)23(16-30)36-29(35-22-14-12-21(34-3)13-15-22)26(25)38-28(33)20-10-6-18(2)7-11-20/h4-15,23-26,29-31H,16H2,1-3H3/t23-,24-,25+,26-,29-/m1/s1. The molecule has 3 aromatic rings. The summed E-state index contributed by atoms with van der Waals surface area (Å²) in [6.07, 6.45) is -6.80. The summed E-state index contributed by atoms with van der Waals surface area (Å²) in [7, 11) is 1.53. The molecule has 0 saturated carbocycles. The molecule has 0 aliphatic carbocycles. The maximum Gasteiger partial charge on any atom is 0.338 e. The zero-order valence-electron chi connectivity index (χ0n) is 21.3. The number of hydrogen-bond acceptors (Lipinski definition) is 9. The molecule has 0 aromatic heterocycles. The Morgan fingerprint density at radius 2 is 1.24 bits per heavy atom. The van der Waals surface area contributed by atoms with Crippen molar-refractivity contribution in [2.24, 2.45) is 0 Å². The molecule has 9 nitrogen and oxygen atoms in total. The molecule has 4 rings (SSSR count). The van der Waals surface area contributed by atoms with Gasteiger partial charge < -0.3 is 33.9 Å². The molecule has 0 spiro atoms. The number of carbonyl (C=O) groups excluding carboxylic acids is 2. The van der Waals surface area contributed by atoms with Gasteiger partial charge in [-0.2, -0.15) is 0 Å². The number of ether oxygens (including phenoxy) is 5. The summed E-state index contributed by atoms with van der Waals surface area (Å²) in [5.74, 6) is -0.540. The van der Waals surface area contributed by atoms with E-state index in [9.17, 15) is 19.8 Å². The second-order valence-corrected chi connectivity index (χ2v) is 8.98. The number of aryl methyl sites for hydroxylation is 2. The van der Waals surface area contributed by atoms with Crippen LogP contribution in [0, 0.1) is 13.8 Å². The van der Waals surface area contributed by atoms with Gasteiger partial charge in [0.25, 0.3) is 0 Å². The third-order valence-electron chi connectivity index (χ3n) is 6.17. The van der Waals surface area contributed by atoms with Crippen molar-refractivity contribution in [1.82, 2.24) is 0 Å². The molecular weight excluding hydrogens is 492 g/mol. The number of aliphatic hydroxyl groups is 2. The number of methoxy groups -OCH3 is 1. The van der Waals surface area contributed by atoms with E-state index in [2.05, 4.69) is 0 Å². The van der Waals surface area contributed by atoms with E-state index in [1.807, 2.05) is 13.8 Å². The van der Waals surface area contributed by atoms with Crippen molar-refractivity contribution in [3.8, 4) is 11.5 Å². The van der Waals surface area contributed by atoms with Crippen molar-refractivity contribution in [3.05, 3.63) is 95.1 Å². The Bertz CT molecular complexity index is 1220. The topological polar surface area (TPSA) is 121 Å². The minimum atomic E-state index is -1.51. The lowest BCUT2D eigenvalue weighted by molar-refractivity contribution is -0.276. The smallest absolute Gasteiger partial charge is 0.338 e. The summed E-state index contributed by atoms with van der Waals surface area (Å²) in [6, 6.07) is 19.9. The highest BCUT2D eigenvalue weighted by Crippen LogP contribution is 2.30. The summed E-state index contributed by atoms with van der Waals surface area (Å²) in [6.45, 7) is 3.17. The molecule has 0 bridgehead atoms. The Morgan fingerprint density at radius 3 is 1.71 bits per heavy atom. The van der Waals surface area contributed by atoms with Gasteiger partial charge in [0, 0.05) is 0 Å².